The van der Waals surface area contributed by atoms with Gasteiger partial charge in [0.2, 0.25) is 0 Å². The van der Waals surface area contributed by atoms with E-state index >= 15 is 0 Å². The number of amides is 1. The summed E-state index contributed by atoms with van der Waals surface area (Å²) >= 11 is 1.49. The number of rotatable bonds is 3. The van der Waals surface area contributed by atoms with Crippen molar-refractivity contribution in [3.05, 3.63) is 52.7 Å². The standard InChI is InChI=1S/C17H16N4O2S/c22-17(14-4-2-10-24-14)21-8-5-12(6-9-21)15-19-16(23-20-15)13-3-1-7-18-11-13/h1-4,7,10-12H,5-6,8-9H2. The molecule has 0 bridgehead atoms. The van der Waals surface area contributed by atoms with Crippen molar-refractivity contribution >= 4 is 17.2 Å². The molecular weight excluding hydrogens is 324 g/mol. The monoisotopic (exact) mass is 340 g/mol. The predicted octanol–water partition coefficient (Wildman–Crippen LogP) is 3.21. The van der Waals surface area contributed by atoms with Crippen LogP contribution in [0.4, 0.5) is 0 Å². The van der Waals surface area contributed by atoms with Crippen LogP contribution in [0.5, 0.6) is 0 Å². The first kappa shape index (κ1) is 15.0. The number of likely N-dealkylation sites (tertiary alicyclic amines) is 1. The van der Waals surface area contributed by atoms with Gasteiger partial charge in [0.15, 0.2) is 5.82 Å². The van der Waals surface area contributed by atoms with Crippen LogP contribution in [0.1, 0.15) is 34.3 Å². The number of carbonyl (C=O) groups excluding carboxylic acids is 1. The number of aromatic nitrogens is 3. The zero-order valence-corrected chi connectivity index (χ0v) is 13.8. The minimum atomic E-state index is 0.118. The Morgan fingerprint density at radius 1 is 1.25 bits per heavy atom. The quantitative estimate of drug-likeness (QED) is 0.732. The van der Waals surface area contributed by atoms with Crippen molar-refractivity contribution in [2.45, 2.75) is 18.8 Å². The molecule has 1 amide bonds. The van der Waals surface area contributed by atoms with Crippen molar-refractivity contribution in [1.29, 1.82) is 0 Å². The number of piperidine rings is 1. The van der Waals surface area contributed by atoms with Crippen LogP contribution in [-0.2, 0) is 0 Å². The van der Waals surface area contributed by atoms with E-state index in [0.29, 0.717) is 5.89 Å². The second kappa shape index (κ2) is 6.52. The minimum absolute atomic E-state index is 0.118. The molecule has 7 heteroatoms. The van der Waals surface area contributed by atoms with Crippen LogP contribution in [-0.4, -0.2) is 39.0 Å². The van der Waals surface area contributed by atoms with Crippen molar-refractivity contribution in [2.75, 3.05) is 13.1 Å². The van der Waals surface area contributed by atoms with E-state index in [9.17, 15) is 4.79 Å². The summed E-state index contributed by atoms with van der Waals surface area (Å²) < 4.78 is 5.36. The molecule has 0 unspecified atom stereocenters. The molecule has 0 saturated carbocycles. The first-order valence-corrected chi connectivity index (χ1v) is 8.76. The lowest BCUT2D eigenvalue weighted by molar-refractivity contribution is 0.0715. The summed E-state index contributed by atoms with van der Waals surface area (Å²) in [7, 11) is 0. The van der Waals surface area contributed by atoms with Gasteiger partial charge in [-0.25, -0.2) is 0 Å². The van der Waals surface area contributed by atoms with Crippen LogP contribution in [0.25, 0.3) is 11.5 Å². The zero-order chi connectivity index (χ0) is 16.4. The molecule has 1 aliphatic rings. The van der Waals surface area contributed by atoms with Gasteiger partial charge in [0, 0.05) is 31.4 Å². The summed E-state index contributed by atoms with van der Waals surface area (Å²) in [5.41, 5.74) is 0.821. The molecule has 0 N–H and O–H groups in total. The first-order chi connectivity index (χ1) is 11.8. The Morgan fingerprint density at radius 2 is 2.12 bits per heavy atom. The molecular formula is C17H16N4O2S. The van der Waals surface area contributed by atoms with Crippen LogP contribution in [0.15, 0.2) is 46.6 Å². The van der Waals surface area contributed by atoms with Gasteiger partial charge in [0.1, 0.15) is 0 Å². The number of pyridine rings is 1. The number of hydrogen-bond donors (Lipinski definition) is 0. The molecule has 0 atom stereocenters. The lowest BCUT2D eigenvalue weighted by Gasteiger charge is -2.30. The first-order valence-electron chi connectivity index (χ1n) is 7.88. The fourth-order valence-corrected chi connectivity index (χ4v) is 3.59. The Morgan fingerprint density at radius 3 is 2.83 bits per heavy atom. The molecule has 0 radical (unpaired) electrons. The van der Waals surface area contributed by atoms with E-state index in [0.717, 1.165) is 42.2 Å². The molecule has 0 aliphatic carbocycles. The van der Waals surface area contributed by atoms with Gasteiger partial charge in [0.25, 0.3) is 11.8 Å². The Balaban J connectivity index is 1.41. The summed E-state index contributed by atoms with van der Waals surface area (Å²) in [6, 6.07) is 7.52. The van der Waals surface area contributed by atoms with Gasteiger partial charge >= 0.3 is 0 Å². The molecule has 3 aromatic rings. The van der Waals surface area contributed by atoms with E-state index in [-0.39, 0.29) is 11.8 Å². The van der Waals surface area contributed by atoms with Gasteiger partial charge in [-0.15, -0.1) is 11.3 Å². The third-order valence-electron chi connectivity index (χ3n) is 4.23. The normalized spacial score (nSPS) is 15.6. The van der Waals surface area contributed by atoms with E-state index in [1.54, 1.807) is 12.4 Å². The van der Waals surface area contributed by atoms with Gasteiger partial charge in [0.05, 0.1) is 10.4 Å². The van der Waals surface area contributed by atoms with Gasteiger partial charge < -0.3 is 9.42 Å². The lowest BCUT2D eigenvalue weighted by Crippen LogP contribution is -2.37. The fraction of sp³-hybridized carbons (Fsp3) is 0.294. The smallest absolute Gasteiger partial charge is 0.263 e. The predicted molar refractivity (Wildman–Crippen MR) is 89.7 cm³/mol. The van der Waals surface area contributed by atoms with Gasteiger partial charge in [-0.1, -0.05) is 11.2 Å². The SMILES string of the molecule is O=C(c1cccs1)N1CCC(c2noc(-c3cccnc3)n2)CC1. The van der Waals surface area contributed by atoms with Crippen LogP contribution >= 0.6 is 11.3 Å². The topological polar surface area (TPSA) is 72.1 Å². The average Bonchev–Trinajstić information content (AvgIpc) is 3.34. The Bertz CT molecular complexity index is 808. The second-order valence-electron chi connectivity index (χ2n) is 5.74. The molecule has 0 aromatic carbocycles. The molecule has 4 heterocycles. The van der Waals surface area contributed by atoms with Crippen molar-refractivity contribution < 1.29 is 9.32 Å². The van der Waals surface area contributed by atoms with Crippen molar-refractivity contribution in [3.8, 4) is 11.5 Å². The van der Waals surface area contributed by atoms with Gasteiger partial charge in [-0.2, -0.15) is 4.98 Å². The maximum Gasteiger partial charge on any atom is 0.263 e. The third-order valence-corrected chi connectivity index (χ3v) is 5.09. The summed E-state index contributed by atoms with van der Waals surface area (Å²) in [6.45, 7) is 1.44. The Hall–Kier alpha value is -2.54. The van der Waals surface area contributed by atoms with Crippen LogP contribution in [0.2, 0.25) is 0 Å². The lowest BCUT2D eigenvalue weighted by atomic mass is 9.96. The summed E-state index contributed by atoms with van der Waals surface area (Å²) in [5, 5.41) is 6.05. The maximum atomic E-state index is 12.4. The molecule has 4 rings (SSSR count). The number of nitrogens with zero attached hydrogens (tertiary/aromatic N) is 4. The van der Waals surface area contributed by atoms with Crippen LogP contribution in [0, 0.1) is 0 Å². The molecule has 1 fully saturated rings. The van der Waals surface area contributed by atoms with E-state index in [1.165, 1.54) is 11.3 Å². The second-order valence-corrected chi connectivity index (χ2v) is 6.69. The molecule has 1 aliphatic heterocycles. The summed E-state index contributed by atoms with van der Waals surface area (Å²) in [4.78, 5) is 23.6. The van der Waals surface area contributed by atoms with E-state index in [1.807, 2.05) is 34.5 Å². The zero-order valence-electron chi connectivity index (χ0n) is 13.0. The van der Waals surface area contributed by atoms with Gasteiger partial charge in [-0.3, -0.25) is 9.78 Å². The van der Waals surface area contributed by atoms with Gasteiger partial charge in [-0.05, 0) is 36.4 Å². The molecule has 0 spiro atoms. The van der Waals surface area contributed by atoms with Crippen LogP contribution < -0.4 is 0 Å². The molecule has 1 saturated heterocycles. The fourth-order valence-electron chi connectivity index (χ4n) is 2.90. The molecule has 122 valence electrons. The Kier molecular flexibility index (Phi) is 4.08. The summed E-state index contributed by atoms with van der Waals surface area (Å²) in [6.07, 6.45) is 5.12. The highest BCUT2D eigenvalue weighted by Gasteiger charge is 2.28. The van der Waals surface area contributed by atoms with E-state index in [4.69, 9.17) is 4.52 Å². The highest BCUT2D eigenvalue weighted by atomic mass is 32.1. The van der Waals surface area contributed by atoms with E-state index < -0.39 is 0 Å². The largest absolute Gasteiger partial charge is 0.338 e. The highest BCUT2D eigenvalue weighted by molar-refractivity contribution is 7.12. The average molecular weight is 340 g/mol. The number of hydrogen-bond acceptors (Lipinski definition) is 6. The van der Waals surface area contributed by atoms with E-state index in [2.05, 4.69) is 15.1 Å². The summed E-state index contributed by atoms with van der Waals surface area (Å²) in [5.74, 6) is 1.56. The molecule has 24 heavy (non-hydrogen) atoms. The van der Waals surface area contributed by atoms with Crippen molar-refractivity contribution in [3.63, 3.8) is 0 Å². The minimum Gasteiger partial charge on any atom is -0.338 e. The Labute approximate surface area is 143 Å². The third kappa shape index (κ3) is 2.94. The molecule has 6 nitrogen and oxygen atoms in total. The number of carbonyl (C=O) groups is 1. The van der Waals surface area contributed by atoms with Crippen molar-refractivity contribution in [2.24, 2.45) is 0 Å². The number of thiophene rings is 1. The highest BCUT2D eigenvalue weighted by Crippen LogP contribution is 2.28. The van der Waals surface area contributed by atoms with Crippen molar-refractivity contribution in [1.82, 2.24) is 20.0 Å². The van der Waals surface area contributed by atoms with Crippen LogP contribution in [0.3, 0.4) is 0 Å². The molecule has 3 aromatic heterocycles. The maximum absolute atomic E-state index is 12.4.